The molecule has 0 radical (unpaired) electrons. The number of hydrogen-bond donors (Lipinski definition) is 0. The van der Waals surface area contributed by atoms with Crippen molar-refractivity contribution in [1.29, 1.82) is 0 Å². The molecule has 2 aromatic carbocycles. The van der Waals surface area contributed by atoms with Gasteiger partial charge in [0.05, 0.1) is 19.6 Å². The van der Waals surface area contributed by atoms with Crippen LogP contribution in [0.2, 0.25) is 0 Å². The molecule has 0 heterocycles. The number of benzene rings is 2. The first-order valence-corrected chi connectivity index (χ1v) is 13.8. The van der Waals surface area contributed by atoms with Gasteiger partial charge < -0.3 is 9.47 Å². The predicted molar refractivity (Wildman–Crippen MR) is 144 cm³/mol. The molecule has 2 aliphatic rings. The maximum atomic E-state index is 11.8. The minimum Gasteiger partial charge on any atom is -0.490 e. The van der Waals surface area contributed by atoms with E-state index in [1.165, 1.54) is 68.4 Å². The fourth-order valence-corrected chi connectivity index (χ4v) is 6.09. The molecule has 2 aliphatic carbocycles. The number of carbonyl (C=O) groups is 1. The molecule has 4 heteroatoms. The lowest BCUT2D eigenvalue weighted by atomic mass is 9.72. The maximum Gasteiger partial charge on any atom is 0.306 e. The molecule has 0 unspecified atom stereocenters. The Hall–Kier alpha value is -2.07. The Labute approximate surface area is 212 Å². The van der Waals surface area contributed by atoms with Crippen LogP contribution in [0.1, 0.15) is 90.5 Å². The van der Waals surface area contributed by atoms with Gasteiger partial charge in [-0.15, -0.1) is 0 Å². The highest BCUT2D eigenvalue weighted by atomic mass is 16.5. The molecule has 0 atom stereocenters. The smallest absolute Gasteiger partial charge is 0.306 e. The Morgan fingerprint density at radius 3 is 2.29 bits per heavy atom. The highest BCUT2D eigenvalue weighted by Gasteiger charge is 2.30. The molecule has 2 aromatic rings. The van der Waals surface area contributed by atoms with E-state index >= 15 is 0 Å². The molecular weight excluding hydrogens is 434 g/mol. The van der Waals surface area contributed by atoms with E-state index < -0.39 is 0 Å². The van der Waals surface area contributed by atoms with Crippen molar-refractivity contribution < 1.29 is 14.3 Å². The van der Waals surface area contributed by atoms with Crippen molar-refractivity contribution in [2.45, 2.75) is 104 Å². The van der Waals surface area contributed by atoms with Gasteiger partial charge in [-0.2, -0.15) is 0 Å². The summed E-state index contributed by atoms with van der Waals surface area (Å²) >= 11 is 0. The van der Waals surface area contributed by atoms with Gasteiger partial charge in [0.25, 0.3) is 0 Å². The summed E-state index contributed by atoms with van der Waals surface area (Å²) in [4.78, 5) is 14.3. The summed E-state index contributed by atoms with van der Waals surface area (Å²) < 4.78 is 11.3. The van der Waals surface area contributed by atoms with E-state index in [9.17, 15) is 4.79 Å². The van der Waals surface area contributed by atoms with Crippen LogP contribution >= 0.6 is 0 Å². The number of hydrogen-bond acceptors (Lipinski definition) is 4. The van der Waals surface area contributed by atoms with Crippen LogP contribution in [0, 0.1) is 11.3 Å². The largest absolute Gasteiger partial charge is 0.490 e. The maximum absolute atomic E-state index is 11.8. The molecular formula is C31H45NO3. The van der Waals surface area contributed by atoms with Crippen molar-refractivity contribution >= 4 is 16.7 Å². The van der Waals surface area contributed by atoms with Gasteiger partial charge in [0.15, 0.2) is 0 Å². The summed E-state index contributed by atoms with van der Waals surface area (Å²) in [5, 5.41) is 2.48. The fraction of sp³-hybridized carbons (Fsp3) is 0.645. The third-order valence-corrected chi connectivity index (χ3v) is 8.39. The predicted octanol–water partition coefficient (Wildman–Crippen LogP) is 7.52. The van der Waals surface area contributed by atoms with Gasteiger partial charge >= 0.3 is 5.97 Å². The monoisotopic (exact) mass is 479 g/mol. The first kappa shape index (κ1) is 26.0. The minimum atomic E-state index is -0.122. The number of fused-ring (bicyclic) bond motifs is 1. The van der Waals surface area contributed by atoms with Gasteiger partial charge in [-0.1, -0.05) is 58.2 Å². The van der Waals surface area contributed by atoms with E-state index in [0.717, 1.165) is 37.6 Å². The van der Waals surface area contributed by atoms with Gasteiger partial charge in [-0.25, -0.2) is 0 Å². The number of carbonyl (C=O) groups excluding carboxylic acids is 1. The van der Waals surface area contributed by atoms with Gasteiger partial charge in [-0.3, -0.25) is 9.69 Å². The highest BCUT2D eigenvalue weighted by molar-refractivity contribution is 5.84. The molecule has 35 heavy (non-hydrogen) atoms. The van der Waals surface area contributed by atoms with E-state index in [1.54, 1.807) is 0 Å². The molecule has 0 aliphatic heterocycles. The zero-order valence-corrected chi connectivity index (χ0v) is 22.4. The molecule has 192 valence electrons. The molecule has 0 spiro atoms. The molecule has 4 nitrogen and oxygen atoms in total. The Bertz CT molecular complexity index is 965. The first-order valence-electron chi connectivity index (χ1n) is 13.8. The number of methoxy groups -OCH3 is 1. The van der Waals surface area contributed by atoms with Crippen LogP contribution in [0.15, 0.2) is 36.4 Å². The van der Waals surface area contributed by atoms with E-state index in [4.69, 9.17) is 9.47 Å². The quantitative estimate of drug-likeness (QED) is 0.367. The molecule has 0 N–H and O–H groups in total. The number of rotatable bonds is 8. The van der Waals surface area contributed by atoms with Crippen LogP contribution in [0.25, 0.3) is 10.8 Å². The number of esters is 1. The van der Waals surface area contributed by atoms with Crippen molar-refractivity contribution in [2.24, 2.45) is 11.3 Å². The molecule has 4 rings (SSSR count). The SMILES string of the molecule is COC(=O)CCN(Cc1ccc2cc(O[C@H]3CC[C@H](C(C)(C)C)CC3)ccc2c1)C1CCCCC1. The van der Waals surface area contributed by atoms with Crippen LogP contribution in [0.4, 0.5) is 0 Å². The van der Waals surface area contributed by atoms with Crippen molar-refractivity contribution in [3.05, 3.63) is 42.0 Å². The molecule has 0 bridgehead atoms. The Balaban J connectivity index is 1.39. The lowest BCUT2D eigenvalue weighted by molar-refractivity contribution is -0.141. The average Bonchev–Trinajstić information content (AvgIpc) is 2.86. The normalized spacial score (nSPS) is 21.9. The highest BCUT2D eigenvalue weighted by Crippen LogP contribution is 2.39. The molecule has 0 amide bonds. The van der Waals surface area contributed by atoms with Crippen LogP contribution < -0.4 is 4.74 Å². The summed E-state index contributed by atoms with van der Waals surface area (Å²) in [7, 11) is 1.48. The molecule has 2 fully saturated rings. The third-order valence-electron chi connectivity index (χ3n) is 8.39. The Morgan fingerprint density at radius 1 is 0.914 bits per heavy atom. The average molecular weight is 480 g/mol. The Morgan fingerprint density at radius 2 is 1.60 bits per heavy atom. The number of nitrogens with zero attached hydrogens (tertiary/aromatic N) is 1. The lowest BCUT2D eigenvalue weighted by Gasteiger charge is -2.37. The molecule has 0 aromatic heterocycles. The summed E-state index contributed by atoms with van der Waals surface area (Å²) in [5.41, 5.74) is 1.71. The summed E-state index contributed by atoms with van der Waals surface area (Å²) in [5.74, 6) is 1.67. The first-order chi connectivity index (χ1) is 16.8. The van der Waals surface area contributed by atoms with E-state index in [-0.39, 0.29) is 5.97 Å². The van der Waals surface area contributed by atoms with Crippen LogP contribution in [-0.2, 0) is 16.1 Å². The van der Waals surface area contributed by atoms with Gasteiger partial charge in [0.1, 0.15) is 5.75 Å². The number of ether oxygens (including phenoxy) is 2. The molecule has 2 saturated carbocycles. The Kier molecular flexibility index (Phi) is 8.75. The zero-order chi connectivity index (χ0) is 24.8. The van der Waals surface area contributed by atoms with Crippen molar-refractivity contribution in [3.63, 3.8) is 0 Å². The summed E-state index contributed by atoms with van der Waals surface area (Å²) in [6.07, 6.45) is 12.0. The van der Waals surface area contributed by atoms with Crippen LogP contribution in [0.5, 0.6) is 5.75 Å². The van der Waals surface area contributed by atoms with E-state index in [2.05, 4.69) is 62.1 Å². The van der Waals surface area contributed by atoms with Crippen molar-refractivity contribution in [3.8, 4) is 5.75 Å². The second-order valence-electron chi connectivity index (χ2n) is 11.9. The topological polar surface area (TPSA) is 38.8 Å². The third kappa shape index (κ3) is 7.22. The lowest BCUT2D eigenvalue weighted by Crippen LogP contribution is -2.37. The summed E-state index contributed by atoms with van der Waals surface area (Å²) in [6.45, 7) is 8.74. The van der Waals surface area contributed by atoms with E-state index in [1.807, 2.05) is 0 Å². The standard InChI is InChI=1S/C31H45NO3/c1-31(2,3)26-13-16-28(17-14-26)35-29-15-12-24-20-23(10-11-25(24)21-29)22-32(19-18-30(33)34-4)27-8-6-5-7-9-27/h10-12,15,20-21,26-28H,5-9,13-14,16-19,22H2,1-4H3/t26-,28-. The van der Waals surface area contributed by atoms with Crippen molar-refractivity contribution in [2.75, 3.05) is 13.7 Å². The van der Waals surface area contributed by atoms with Crippen LogP contribution in [-0.4, -0.2) is 36.7 Å². The van der Waals surface area contributed by atoms with Gasteiger partial charge in [0.2, 0.25) is 0 Å². The van der Waals surface area contributed by atoms with Crippen LogP contribution in [0.3, 0.4) is 0 Å². The minimum absolute atomic E-state index is 0.122. The molecule has 0 saturated heterocycles. The van der Waals surface area contributed by atoms with E-state index in [0.29, 0.717) is 24.0 Å². The second kappa shape index (κ2) is 11.8. The van der Waals surface area contributed by atoms with Crippen molar-refractivity contribution in [1.82, 2.24) is 4.90 Å². The van der Waals surface area contributed by atoms with Gasteiger partial charge in [0, 0.05) is 19.1 Å². The second-order valence-corrected chi connectivity index (χ2v) is 11.9. The zero-order valence-electron chi connectivity index (χ0n) is 22.4. The fourth-order valence-electron chi connectivity index (χ4n) is 6.09. The van der Waals surface area contributed by atoms with Gasteiger partial charge in [-0.05, 0) is 84.4 Å². The summed E-state index contributed by atoms with van der Waals surface area (Å²) in [6, 6.07) is 13.9.